The van der Waals surface area contributed by atoms with E-state index in [1.54, 1.807) is 0 Å². The fourth-order valence-electron chi connectivity index (χ4n) is 8.12. The molecule has 0 rings (SSSR count). The van der Waals surface area contributed by atoms with Crippen LogP contribution in [-0.4, -0.2) is 37.2 Å². The molecule has 0 aliphatic rings. The van der Waals surface area contributed by atoms with Crippen LogP contribution in [0.2, 0.25) is 0 Å². The topological polar surface area (TPSA) is 78.9 Å². The Hall–Kier alpha value is -2.37. The van der Waals surface area contributed by atoms with Crippen molar-refractivity contribution in [3.63, 3.8) is 0 Å². The molecule has 1 unspecified atom stereocenters. The molecule has 0 aromatic rings. The monoisotopic (exact) mass is 899 g/mol. The van der Waals surface area contributed by atoms with Gasteiger partial charge in [0, 0.05) is 19.3 Å². The summed E-state index contributed by atoms with van der Waals surface area (Å²) in [5, 5.41) is 0. The Labute approximate surface area is 397 Å². The van der Waals surface area contributed by atoms with Crippen molar-refractivity contribution in [1.82, 2.24) is 0 Å². The van der Waals surface area contributed by atoms with Crippen LogP contribution >= 0.6 is 0 Å². The molecule has 0 N–H and O–H groups in total. The highest BCUT2D eigenvalue weighted by Gasteiger charge is 2.19. The Kier molecular flexibility index (Phi) is 51.3. The smallest absolute Gasteiger partial charge is 0.306 e. The predicted molar refractivity (Wildman–Crippen MR) is 275 cm³/mol. The predicted octanol–water partition coefficient (Wildman–Crippen LogP) is 18.5. The highest BCUT2D eigenvalue weighted by atomic mass is 16.6. The maximum Gasteiger partial charge on any atom is 0.306 e. The summed E-state index contributed by atoms with van der Waals surface area (Å²) in [6.45, 7) is 6.60. The van der Waals surface area contributed by atoms with Crippen LogP contribution < -0.4 is 0 Å². The molecular weight excluding hydrogens is 793 g/mol. The Balaban J connectivity index is 4.19. The molecule has 6 heteroatoms. The molecule has 0 saturated heterocycles. The van der Waals surface area contributed by atoms with Gasteiger partial charge in [0.05, 0.1) is 0 Å². The number of ether oxygens (including phenoxy) is 3. The SMILES string of the molecule is CCCCCC/C=C\C/C=C\CCCCCCCCCC(=O)OC(COC(=O)CCCCCCCCC)COC(=O)CCCCCCCCCCC/C=C\CCCCCCCCCC. The molecule has 64 heavy (non-hydrogen) atoms. The van der Waals surface area contributed by atoms with E-state index in [2.05, 4.69) is 57.2 Å². The lowest BCUT2D eigenvalue weighted by atomic mass is 10.1. The van der Waals surface area contributed by atoms with Crippen LogP contribution in [0.5, 0.6) is 0 Å². The second-order valence-corrected chi connectivity index (χ2v) is 18.8. The Morgan fingerprint density at radius 3 is 0.891 bits per heavy atom. The van der Waals surface area contributed by atoms with Crippen molar-refractivity contribution < 1.29 is 28.6 Å². The van der Waals surface area contributed by atoms with Gasteiger partial charge < -0.3 is 14.2 Å². The van der Waals surface area contributed by atoms with Gasteiger partial charge in [0.2, 0.25) is 0 Å². The molecule has 0 saturated carbocycles. The van der Waals surface area contributed by atoms with Gasteiger partial charge in [-0.25, -0.2) is 0 Å². The van der Waals surface area contributed by atoms with E-state index >= 15 is 0 Å². The summed E-state index contributed by atoms with van der Waals surface area (Å²) < 4.78 is 16.8. The molecule has 0 fully saturated rings. The second kappa shape index (κ2) is 53.2. The van der Waals surface area contributed by atoms with E-state index < -0.39 is 6.10 Å². The van der Waals surface area contributed by atoms with Gasteiger partial charge in [0.15, 0.2) is 6.10 Å². The number of allylic oxidation sites excluding steroid dienone is 6. The lowest BCUT2D eigenvalue weighted by molar-refractivity contribution is -0.167. The van der Waals surface area contributed by atoms with Gasteiger partial charge in [0.25, 0.3) is 0 Å². The van der Waals surface area contributed by atoms with E-state index in [-0.39, 0.29) is 31.1 Å². The van der Waals surface area contributed by atoms with Crippen molar-refractivity contribution in [3.8, 4) is 0 Å². The fourth-order valence-corrected chi connectivity index (χ4v) is 8.12. The molecule has 374 valence electrons. The number of carbonyl (C=O) groups is 3. The van der Waals surface area contributed by atoms with Crippen molar-refractivity contribution in [1.29, 1.82) is 0 Å². The second-order valence-electron chi connectivity index (χ2n) is 18.8. The first-order valence-corrected chi connectivity index (χ1v) is 28.0. The molecule has 0 heterocycles. The number of esters is 3. The molecule has 0 amide bonds. The lowest BCUT2D eigenvalue weighted by Gasteiger charge is -2.18. The summed E-state index contributed by atoms with van der Waals surface area (Å²) in [7, 11) is 0. The Morgan fingerprint density at radius 2 is 0.562 bits per heavy atom. The summed E-state index contributed by atoms with van der Waals surface area (Å²) in [5.41, 5.74) is 0. The van der Waals surface area contributed by atoms with Crippen LogP contribution in [0.1, 0.15) is 297 Å². The van der Waals surface area contributed by atoms with E-state index in [0.29, 0.717) is 19.3 Å². The van der Waals surface area contributed by atoms with Crippen LogP contribution in [-0.2, 0) is 28.6 Å². The minimum absolute atomic E-state index is 0.0740. The molecule has 0 aliphatic heterocycles. The summed E-state index contributed by atoms with van der Waals surface area (Å²) in [5.74, 6) is -0.878. The summed E-state index contributed by atoms with van der Waals surface area (Å²) >= 11 is 0. The van der Waals surface area contributed by atoms with Crippen molar-refractivity contribution in [3.05, 3.63) is 36.5 Å². The normalized spacial score (nSPS) is 12.2. The van der Waals surface area contributed by atoms with Gasteiger partial charge in [-0.15, -0.1) is 0 Å². The molecule has 0 bridgehead atoms. The summed E-state index contributed by atoms with van der Waals surface area (Å²) in [6.07, 6.45) is 62.9. The number of hydrogen-bond acceptors (Lipinski definition) is 6. The number of rotatable bonds is 51. The Bertz CT molecular complexity index is 1080. The van der Waals surface area contributed by atoms with Crippen LogP contribution in [0.4, 0.5) is 0 Å². The molecule has 0 aliphatic carbocycles. The highest BCUT2D eigenvalue weighted by Crippen LogP contribution is 2.16. The third-order valence-corrected chi connectivity index (χ3v) is 12.4. The van der Waals surface area contributed by atoms with Gasteiger partial charge in [0.1, 0.15) is 13.2 Å². The number of unbranched alkanes of at least 4 members (excludes halogenated alkanes) is 34. The zero-order chi connectivity index (χ0) is 46.5. The molecule has 0 radical (unpaired) electrons. The van der Waals surface area contributed by atoms with E-state index in [1.165, 1.54) is 186 Å². The third kappa shape index (κ3) is 50.6. The third-order valence-electron chi connectivity index (χ3n) is 12.4. The Morgan fingerprint density at radius 1 is 0.312 bits per heavy atom. The maximum atomic E-state index is 12.8. The summed E-state index contributed by atoms with van der Waals surface area (Å²) in [6, 6.07) is 0. The van der Waals surface area contributed by atoms with E-state index in [1.807, 2.05) is 0 Å². The first-order valence-electron chi connectivity index (χ1n) is 28.0. The van der Waals surface area contributed by atoms with Crippen molar-refractivity contribution >= 4 is 17.9 Å². The molecular formula is C58H106O6. The first-order chi connectivity index (χ1) is 31.5. The fraction of sp³-hybridized carbons (Fsp3) is 0.845. The lowest BCUT2D eigenvalue weighted by Crippen LogP contribution is -2.30. The van der Waals surface area contributed by atoms with Gasteiger partial charge in [-0.05, 0) is 77.0 Å². The van der Waals surface area contributed by atoms with E-state index in [4.69, 9.17) is 14.2 Å². The zero-order valence-electron chi connectivity index (χ0n) is 42.8. The minimum Gasteiger partial charge on any atom is -0.462 e. The summed E-state index contributed by atoms with van der Waals surface area (Å²) in [4.78, 5) is 37.9. The minimum atomic E-state index is -0.772. The van der Waals surface area contributed by atoms with Crippen LogP contribution in [0.3, 0.4) is 0 Å². The van der Waals surface area contributed by atoms with Gasteiger partial charge >= 0.3 is 17.9 Å². The van der Waals surface area contributed by atoms with Crippen molar-refractivity contribution in [2.75, 3.05) is 13.2 Å². The van der Waals surface area contributed by atoms with Crippen LogP contribution in [0.25, 0.3) is 0 Å². The quantitative estimate of drug-likeness (QED) is 0.0262. The molecule has 6 nitrogen and oxygen atoms in total. The average molecular weight is 899 g/mol. The van der Waals surface area contributed by atoms with Gasteiger partial charge in [-0.2, -0.15) is 0 Å². The first kappa shape index (κ1) is 61.6. The average Bonchev–Trinajstić information content (AvgIpc) is 3.29. The standard InChI is InChI=1S/C58H106O6/c1-4-7-10-13-16-18-20-22-24-26-28-29-30-32-33-35-37-39-42-45-48-51-57(60)63-54-55(53-62-56(59)50-47-44-41-15-12-9-6-3)64-58(61)52-49-46-43-40-38-36-34-31-27-25-23-21-19-17-14-11-8-5-2/h19,21,25-28,55H,4-18,20,22-24,29-54H2,1-3H3/b21-19-,27-25-,28-26-. The number of hydrogen-bond donors (Lipinski definition) is 0. The van der Waals surface area contributed by atoms with Crippen molar-refractivity contribution in [2.24, 2.45) is 0 Å². The van der Waals surface area contributed by atoms with Crippen LogP contribution in [0, 0.1) is 0 Å². The maximum absolute atomic E-state index is 12.8. The van der Waals surface area contributed by atoms with E-state index in [9.17, 15) is 14.4 Å². The molecule has 1 atom stereocenters. The largest absolute Gasteiger partial charge is 0.462 e. The number of carbonyl (C=O) groups excluding carboxylic acids is 3. The zero-order valence-corrected chi connectivity index (χ0v) is 42.8. The highest BCUT2D eigenvalue weighted by molar-refractivity contribution is 5.71. The van der Waals surface area contributed by atoms with Crippen LogP contribution in [0.15, 0.2) is 36.5 Å². The molecule has 0 aromatic carbocycles. The van der Waals surface area contributed by atoms with Gasteiger partial charge in [-0.1, -0.05) is 237 Å². The molecule has 0 aromatic heterocycles. The molecule has 0 spiro atoms. The van der Waals surface area contributed by atoms with Crippen molar-refractivity contribution in [2.45, 2.75) is 303 Å². The van der Waals surface area contributed by atoms with E-state index in [0.717, 1.165) is 70.6 Å². The van der Waals surface area contributed by atoms with Gasteiger partial charge in [-0.3, -0.25) is 14.4 Å².